The summed E-state index contributed by atoms with van der Waals surface area (Å²) in [5.41, 5.74) is 0. The van der Waals surface area contributed by atoms with E-state index in [1.165, 1.54) is 30.9 Å². The van der Waals surface area contributed by atoms with E-state index in [0.717, 1.165) is 0 Å². The van der Waals surface area contributed by atoms with Crippen LogP contribution in [0, 0.1) is 0 Å². The molecule has 2 radical (unpaired) electrons. The van der Waals surface area contributed by atoms with E-state index < -0.39 is 0 Å². The van der Waals surface area contributed by atoms with Crippen molar-refractivity contribution >= 4 is 9.52 Å². The molecule has 0 fully saturated rings. The van der Waals surface area contributed by atoms with Gasteiger partial charge in [0.1, 0.15) is 5.91 Å². The molecule has 0 aromatic heterocycles. The predicted molar refractivity (Wildman–Crippen MR) is 50.1 cm³/mol. The van der Waals surface area contributed by atoms with E-state index in [9.17, 15) is 0 Å². The summed E-state index contributed by atoms with van der Waals surface area (Å²) in [5, 5.41) is 1.52. The molecule has 1 aliphatic carbocycles. The minimum absolute atomic E-state index is 0.0191. The smallest absolute Gasteiger partial charge is 0.151 e. The quantitative estimate of drug-likeness (QED) is 0.489. The summed E-state index contributed by atoms with van der Waals surface area (Å²) in [5.74, 6) is -0.0191. The number of rotatable bonds is 4. The summed E-state index contributed by atoms with van der Waals surface area (Å²) in [7, 11) is 4.09. The third-order valence-corrected chi connectivity index (χ3v) is 3.55. The van der Waals surface area contributed by atoms with Crippen LogP contribution in [-0.2, 0) is 9.47 Å². The molecule has 0 spiro atoms. The van der Waals surface area contributed by atoms with Crippen molar-refractivity contribution in [3.63, 3.8) is 0 Å². The first-order chi connectivity index (χ1) is 5.86. The number of hydrogen-bond donors (Lipinski definition) is 0. The van der Waals surface area contributed by atoms with Crippen LogP contribution in [0.25, 0.3) is 0 Å². The molecule has 0 amide bonds. The normalized spacial score (nSPS) is 18.1. The fourth-order valence-corrected chi connectivity index (χ4v) is 2.46. The van der Waals surface area contributed by atoms with Gasteiger partial charge in [0, 0.05) is 14.2 Å². The molecule has 0 aromatic rings. The van der Waals surface area contributed by atoms with Crippen LogP contribution in [0.4, 0.5) is 0 Å². The zero-order valence-electron chi connectivity index (χ0n) is 7.80. The highest BCUT2D eigenvalue weighted by Gasteiger charge is 2.12. The van der Waals surface area contributed by atoms with Gasteiger partial charge in [-0.1, -0.05) is 11.3 Å². The average molecular weight is 184 g/mol. The van der Waals surface area contributed by atoms with Crippen LogP contribution < -0.4 is 0 Å². The summed E-state index contributed by atoms with van der Waals surface area (Å²) in [4.78, 5) is 0. The Bertz CT molecular complexity index is 153. The van der Waals surface area contributed by atoms with Crippen molar-refractivity contribution in [2.75, 3.05) is 14.2 Å². The minimum Gasteiger partial charge on any atom is -0.360 e. The highest BCUT2D eigenvalue weighted by molar-refractivity contribution is 6.46. The fraction of sp³-hybridized carbons (Fsp3) is 0.778. The van der Waals surface area contributed by atoms with E-state index in [4.69, 9.17) is 9.47 Å². The van der Waals surface area contributed by atoms with Gasteiger partial charge in [-0.2, -0.15) is 0 Å². The minimum atomic E-state index is -0.0191. The molecule has 3 heteroatoms. The van der Waals surface area contributed by atoms with Crippen LogP contribution in [-0.4, -0.2) is 29.7 Å². The van der Waals surface area contributed by atoms with Gasteiger partial charge in [-0.25, -0.2) is 0 Å². The van der Waals surface area contributed by atoms with Crippen molar-refractivity contribution in [2.45, 2.75) is 31.6 Å². The lowest BCUT2D eigenvalue weighted by Crippen LogP contribution is -2.23. The second-order valence-electron chi connectivity index (χ2n) is 2.92. The van der Waals surface area contributed by atoms with Crippen LogP contribution in [0.1, 0.15) is 25.7 Å². The van der Waals surface area contributed by atoms with E-state index in [0.29, 0.717) is 9.52 Å². The van der Waals surface area contributed by atoms with Crippen molar-refractivity contribution in [3.8, 4) is 0 Å². The van der Waals surface area contributed by atoms with Gasteiger partial charge in [-0.15, -0.1) is 0 Å². The van der Waals surface area contributed by atoms with Crippen molar-refractivity contribution in [1.82, 2.24) is 0 Å². The molecule has 0 saturated heterocycles. The predicted octanol–water partition coefficient (Wildman–Crippen LogP) is 1.72. The van der Waals surface area contributed by atoms with Crippen molar-refractivity contribution in [1.29, 1.82) is 0 Å². The van der Waals surface area contributed by atoms with Crippen LogP contribution >= 0.6 is 0 Å². The van der Waals surface area contributed by atoms with E-state index in [2.05, 4.69) is 6.08 Å². The Kier molecular flexibility index (Phi) is 4.57. The number of methoxy groups -OCH3 is 2. The number of ether oxygens (including phenoxy) is 2. The molecule has 0 heterocycles. The monoisotopic (exact) mass is 184 g/mol. The summed E-state index contributed by atoms with van der Waals surface area (Å²) < 4.78 is 10.3. The molecule has 0 N–H and O–H groups in total. The molecule has 12 heavy (non-hydrogen) atoms. The third-order valence-electron chi connectivity index (χ3n) is 2.02. The van der Waals surface area contributed by atoms with Crippen LogP contribution in [0.2, 0.25) is 0 Å². The molecule has 0 aliphatic heterocycles. The summed E-state index contributed by atoms with van der Waals surface area (Å²) >= 11 is 0. The Balaban J connectivity index is 2.32. The van der Waals surface area contributed by atoms with Gasteiger partial charge >= 0.3 is 0 Å². The second-order valence-corrected chi connectivity index (χ2v) is 4.33. The van der Waals surface area contributed by atoms with Crippen molar-refractivity contribution in [2.24, 2.45) is 0 Å². The lowest BCUT2D eigenvalue weighted by molar-refractivity contribution is -0.0434. The summed E-state index contributed by atoms with van der Waals surface area (Å²) in [6.45, 7) is 0. The maximum absolute atomic E-state index is 5.15. The van der Waals surface area contributed by atoms with Crippen molar-refractivity contribution < 1.29 is 9.47 Å². The van der Waals surface area contributed by atoms with E-state index in [1.807, 2.05) is 0 Å². The first-order valence-corrected chi connectivity index (χ1v) is 5.45. The zero-order chi connectivity index (χ0) is 8.81. The Morgan fingerprint density at radius 3 is 2.58 bits per heavy atom. The number of allylic oxidation sites excluding steroid dienone is 2. The second kappa shape index (κ2) is 5.51. The Morgan fingerprint density at radius 1 is 1.33 bits per heavy atom. The lowest BCUT2D eigenvalue weighted by atomic mass is 10.1. The molecule has 2 nitrogen and oxygen atoms in total. The summed E-state index contributed by atoms with van der Waals surface area (Å²) in [6.07, 6.45) is 7.49. The SMILES string of the molecule is COC(OC)[Si]C1=CCCCC1. The maximum atomic E-state index is 5.15. The molecular weight excluding hydrogens is 168 g/mol. The van der Waals surface area contributed by atoms with Gasteiger partial charge in [-0.3, -0.25) is 0 Å². The third kappa shape index (κ3) is 3.09. The molecule has 0 atom stereocenters. The van der Waals surface area contributed by atoms with Gasteiger partial charge in [-0.05, 0) is 25.7 Å². The molecule has 0 saturated carbocycles. The number of hydrogen-bond acceptors (Lipinski definition) is 2. The van der Waals surface area contributed by atoms with Crippen LogP contribution in [0.3, 0.4) is 0 Å². The molecule has 1 rings (SSSR count). The topological polar surface area (TPSA) is 18.5 Å². The molecule has 68 valence electrons. The summed E-state index contributed by atoms with van der Waals surface area (Å²) in [6, 6.07) is 0. The van der Waals surface area contributed by atoms with E-state index >= 15 is 0 Å². The maximum Gasteiger partial charge on any atom is 0.151 e. The molecule has 0 bridgehead atoms. The highest BCUT2D eigenvalue weighted by atomic mass is 28.2. The van der Waals surface area contributed by atoms with Crippen LogP contribution in [0.15, 0.2) is 11.3 Å². The Labute approximate surface area is 76.8 Å². The first kappa shape index (κ1) is 9.96. The Morgan fingerprint density at radius 2 is 2.08 bits per heavy atom. The van der Waals surface area contributed by atoms with Gasteiger partial charge in [0.05, 0.1) is 0 Å². The fourth-order valence-electron chi connectivity index (χ4n) is 1.33. The lowest BCUT2D eigenvalue weighted by Gasteiger charge is -2.16. The molecule has 1 aliphatic rings. The molecular formula is C9H16O2Si. The van der Waals surface area contributed by atoms with Gasteiger partial charge < -0.3 is 9.47 Å². The van der Waals surface area contributed by atoms with Crippen molar-refractivity contribution in [3.05, 3.63) is 11.3 Å². The zero-order valence-corrected chi connectivity index (χ0v) is 8.80. The highest BCUT2D eigenvalue weighted by Crippen LogP contribution is 2.17. The van der Waals surface area contributed by atoms with E-state index in [-0.39, 0.29) is 5.91 Å². The molecule has 0 aromatic carbocycles. The van der Waals surface area contributed by atoms with Crippen LogP contribution in [0.5, 0.6) is 0 Å². The first-order valence-electron chi connectivity index (χ1n) is 4.38. The van der Waals surface area contributed by atoms with Gasteiger partial charge in [0.25, 0.3) is 0 Å². The Hall–Kier alpha value is -0.123. The molecule has 0 unspecified atom stereocenters. The standard InChI is InChI=1S/C9H16O2Si/c1-10-9(11-2)12-8-6-4-3-5-7-8/h6,9H,3-5,7H2,1-2H3. The average Bonchev–Trinajstić information content (AvgIpc) is 2.16. The van der Waals surface area contributed by atoms with E-state index in [1.54, 1.807) is 14.2 Å². The van der Waals surface area contributed by atoms with Gasteiger partial charge in [0.2, 0.25) is 0 Å². The van der Waals surface area contributed by atoms with Gasteiger partial charge in [0.15, 0.2) is 9.52 Å². The largest absolute Gasteiger partial charge is 0.360 e.